The zero-order valence-corrected chi connectivity index (χ0v) is 14.4. The number of aliphatic hydroxyl groups excluding tert-OH is 1. The summed E-state index contributed by atoms with van der Waals surface area (Å²) in [5, 5.41) is 9.14. The third kappa shape index (κ3) is 3.65. The van der Waals surface area contributed by atoms with Crippen LogP contribution >= 0.6 is 15.9 Å². The smallest absolute Gasteiger partial charge is 0.244 e. The molecule has 1 unspecified atom stereocenters. The van der Waals surface area contributed by atoms with E-state index in [-0.39, 0.29) is 36.0 Å². The standard InChI is InChI=1S/C12H16BrNO5S2/c13-11-3-1-2-4-12(11)21(18,19)14(6-7-15)10-5-8-20(16,17)9-10/h1-4,10,15H,5-9H2. The molecule has 21 heavy (non-hydrogen) atoms. The first-order valence-corrected chi connectivity index (χ1v) is 10.4. The number of sulfone groups is 1. The van der Waals surface area contributed by atoms with Gasteiger partial charge in [-0.3, -0.25) is 0 Å². The lowest BCUT2D eigenvalue weighted by molar-refractivity contribution is 0.232. The monoisotopic (exact) mass is 397 g/mol. The van der Waals surface area contributed by atoms with Gasteiger partial charge in [-0.2, -0.15) is 4.31 Å². The van der Waals surface area contributed by atoms with Gasteiger partial charge in [-0.05, 0) is 34.5 Å². The molecule has 1 aromatic carbocycles. The number of halogens is 1. The highest BCUT2D eigenvalue weighted by atomic mass is 79.9. The second-order valence-corrected chi connectivity index (χ2v) is 9.77. The predicted octanol–water partition coefficient (Wildman–Crippen LogP) is 0.619. The normalized spacial score (nSPS) is 21.8. The molecule has 0 amide bonds. The summed E-state index contributed by atoms with van der Waals surface area (Å²) in [5.41, 5.74) is 0. The Hall–Kier alpha value is -0.480. The van der Waals surface area contributed by atoms with Crippen LogP contribution in [0.2, 0.25) is 0 Å². The zero-order chi connectivity index (χ0) is 15.7. The number of rotatable bonds is 5. The zero-order valence-electron chi connectivity index (χ0n) is 11.1. The Labute approximate surface area is 132 Å². The van der Waals surface area contributed by atoms with Gasteiger partial charge in [-0.15, -0.1) is 0 Å². The minimum Gasteiger partial charge on any atom is -0.395 e. The molecule has 0 aromatic heterocycles. The summed E-state index contributed by atoms with van der Waals surface area (Å²) in [6.07, 6.45) is 0.256. The summed E-state index contributed by atoms with van der Waals surface area (Å²) >= 11 is 3.20. The van der Waals surface area contributed by atoms with Crippen LogP contribution in [-0.4, -0.2) is 56.9 Å². The summed E-state index contributed by atoms with van der Waals surface area (Å²) in [6, 6.07) is 5.72. The van der Waals surface area contributed by atoms with E-state index >= 15 is 0 Å². The molecule has 1 aliphatic rings. The van der Waals surface area contributed by atoms with Crippen molar-refractivity contribution in [3.63, 3.8) is 0 Å². The Bertz CT molecular complexity index is 717. The maximum atomic E-state index is 12.7. The molecular formula is C12H16BrNO5S2. The van der Waals surface area contributed by atoms with E-state index in [0.717, 1.165) is 4.31 Å². The summed E-state index contributed by atoms with van der Waals surface area (Å²) in [7, 11) is -7.08. The van der Waals surface area contributed by atoms with Crippen molar-refractivity contribution in [3.05, 3.63) is 28.7 Å². The van der Waals surface area contributed by atoms with Crippen molar-refractivity contribution in [2.75, 3.05) is 24.7 Å². The molecule has 9 heteroatoms. The van der Waals surface area contributed by atoms with Crippen LogP contribution in [0.1, 0.15) is 6.42 Å². The SMILES string of the molecule is O=S1(=O)CCC(N(CCO)S(=O)(=O)c2ccccc2Br)C1. The number of aliphatic hydroxyl groups is 1. The molecule has 0 bridgehead atoms. The fourth-order valence-electron chi connectivity index (χ4n) is 2.38. The Morgan fingerprint density at radius 2 is 2.00 bits per heavy atom. The largest absolute Gasteiger partial charge is 0.395 e. The fraction of sp³-hybridized carbons (Fsp3) is 0.500. The van der Waals surface area contributed by atoms with Gasteiger partial charge in [-0.1, -0.05) is 12.1 Å². The molecule has 6 nitrogen and oxygen atoms in total. The van der Waals surface area contributed by atoms with Crippen molar-refractivity contribution in [1.29, 1.82) is 0 Å². The highest BCUT2D eigenvalue weighted by Crippen LogP contribution is 2.28. The number of hydrogen-bond donors (Lipinski definition) is 1. The van der Waals surface area contributed by atoms with Crippen LogP contribution in [0.15, 0.2) is 33.6 Å². The minimum absolute atomic E-state index is 0.0227. The molecule has 0 saturated carbocycles. The van der Waals surface area contributed by atoms with Gasteiger partial charge in [0.15, 0.2) is 9.84 Å². The molecule has 118 valence electrons. The van der Waals surface area contributed by atoms with Crippen LogP contribution in [0.5, 0.6) is 0 Å². The molecule has 1 heterocycles. The topological polar surface area (TPSA) is 91.8 Å². The van der Waals surface area contributed by atoms with E-state index in [4.69, 9.17) is 5.11 Å². The molecule has 1 N–H and O–H groups in total. The maximum absolute atomic E-state index is 12.7. The highest BCUT2D eigenvalue weighted by Gasteiger charge is 2.38. The second kappa shape index (κ2) is 6.33. The Morgan fingerprint density at radius 3 is 2.52 bits per heavy atom. The van der Waals surface area contributed by atoms with Gasteiger partial charge in [0.05, 0.1) is 23.0 Å². The van der Waals surface area contributed by atoms with Crippen LogP contribution in [0.3, 0.4) is 0 Å². The van der Waals surface area contributed by atoms with E-state index in [2.05, 4.69) is 15.9 Å². The van der Waals surface area contributed by atoms with Crippen molar-refractivity contribution < 1.29 is 21.9 Å². The van der Waals surface area contributed by atoms with Crippen molar-refractivity contribution in [2.45, 2.75) is 17.4 Å². The number of benzene rings is 1. The molecule has 1 saturated heterocycles. The van der Waals surface area contributed by atoms with E-state index in [1.54, 1.807) is 18.2 Å². The predicted molar refractivity (Wildman–Crippen MR) is 82.2 cm³/mol. The first-order valence-electron chi connectivity index (χ1n) is 6.35. The fourth-order valence-corrected chi connectivity index (χ4v) is 6.82. The van der Waals surface area contributed by atoms with Crippen molar-refractivity contribution in [1.82, 2.24) is 4.31 Å². The van der Waals surface area contributed by atoms with Gasteiger partial charge >= 0.3 is 0 Å². The second-order valence-electron chi connectivity index (χ2n) is 4.83. The lowest BCUT2D eigenvalue weighted by Gasteiger charge is -2.27. The Balaban J connectivity index is 2.40. The van der Waals surface area contributed by atoms with Crippen molar-refractivity contribution >= 4 is 35.8 Å². The van der Waals surface area contributed by atoms with Gasteiger partial charge in [-0.25, -0.2) is 16.8 Å². The summed E-state index contributed by atoms with van der Waals surface area (Å²) in [5.74, 6) is -0.220. The molecule has 0 radical (unpaired) electrons. The van der Waals surface area contributed by atoms with Gasteiger partial charge < -0.3 is 5.11 Å². The number of sulfonamides is 1. The lowest BCUT2D eigenvalue weighted by Crippen LogP contribution is -2.42. The van der Waals surface area contributed by atoms with E-state index < -0.39 is 25.9 Å². The highest BCUT2D eigenvalue weighted by molar-refractivity contribution is 9.10. The number of hydrogen-bond acceptors (Lipinski definition) is 5. The third-order valence-corrected chi connectivity index (χ3v) is 8.07. The molecule has 1 fully saturated rings. The summed E-state index contributed by atoms with van der Waals surface area (Å²) in [6.45, 7) is -0.482. The first kappa shape index (κ1) is 16.9. The van der Waals surface area contributed by atoms with Crippen molar-refractivity contribution in [2.24, 2.45) is 0 Å². The maximum Gasteiger partial charge on any atom is 0.244 e. The lowest BCUT2D eigenvalue weighted by atomic mass is 10.3. The van der Waals surface area contributed by atoms with Crippen LogP contribution < -0.4 is 0 Å². The molecule has 0 aliphatic carbocycles. The Morgan fingerprint density at radius 1 is 1.33 bits per heavy atom. The van der Waals surface area contributed by atoms with E-state index in [1.807, 2.05) is 0 Å². The molecule has 2 rings (SSSR count). The summed E-state index contributed by atoms with van der Waals surface area (Å²) in [4.78, 5) is 0.0720. The van der Waals surface area contributed by atoms with E-state index in [9.17, 15) is 16.8 Å². The van der Waals surface area contributed by atoms with Crippen LogP contribution in [0.25, 0.3) is 0 Å². The van der Waals surface area contributed by atoms with Crippen molar-refractivity contribution in [3.8, 4) is 0 Å². The quantitative estimate of drug-likeness (QED) is 0.785. The van der Waals surface area contributed by atoms with E-state index in [0.29, 0.717) is 4.47 Å². The average molecular weight is 398 g/mol. The first-order chi connectivity index (χ1) is 9.78. The van der Waals surface area contributed by atoms with Gasteiger partial charge in [0.1, 0.15) is 0 Å². The molecule has 1 aromatic rings. The average Bonchev–Trinajstić information content (AvgIpc) is 2.76. The number of nitrogens with zero attached hydrogens (tertiary/aromatic N) is 1. The third-order valence-electron chi connectivity index (χ3n) is 3.36. The molecular weight excluding hydrogens is 382 g/mol. The van der Waals surface area contributed by atoms with Crippen LogP contribution in [-0.2, 0) is 19.9 Å². The van der Waals surface area contributed by atoms with Gasteiger partial charge in [0.25, 0.3) is 0 Å². The minimum atomic E-state index is -3.87. The molecule has 1 atom stereocenters. The van der Waals surface area contributed by atoms with Crippen LogP contribution in [0.4, 0.5) is 0 Å². The van der Waals surface area contributed by atoms with Gasteiger partial charge in [0, 0.05) is 17.1 Å². The van der Waals surface area contributed by atoms with Crippen LogP contribution in [0, 0.1) is 0 Å². The Kier molecular flexibility index (Phi) is 5.09. The molecule has 1 aliphatic heterocycles. The van der Waals surface area contributed by atoms with Gasteiger partial charge in [0.2, 0.25) is 10.0 Å². The summed E-state index contributed by atoms with van der Waals surface area (Å²) < 4.78 is 50.1. The van der Waals surface area contributed by atoms with E-state index in [1.165, 1.54) is 6.07 Å². The molecule has 0 spiro atoms.